The fourth-order valence-electron chi connectivity index (χ4n) is 2.29. The average Bonchev–Trinajstić information content (AvgIpc) is 2.81. The zero-order chi connectivity index (χ0) is 9.42. The van der Waals surface area contributed by atoms with Crippen molar-refractivity contribution >= 4 is 5.91 Å². The molecule has 2 fully saturated rings. The zero-order valence-corrected chi connectivity index (χ0v) is 8.62. The molecule has 0 bridgehead atoms. The lowest BCUT2D eigenvalue weighted by Gasteiger charge is -2.31. The topological polar surface area (TPSA) is 20.3 Å². The number of hydrogen-bond donors (Lipinski definition) is 0. The fraction of sp³-hybridized carbons (Fsp3) is 0.909. The van der Waals surface area contributed by atoms with Crippen molar-refractivity contribution in [2.24, 2.45) is 17.8 Å². The number of piperidine rings is 1. The summed E-state index contributed by atoms with van der Waals surface area (Å²) in [6.45, 7) is 6.43. The molecule has 2 heteroatoms. The fourth-order valence-corrected chi connectivity index (χ4v) is 2.29. The van der Waals surface area contributed by atoms with E-state index in [2.05, 4.69) is 18.7 Å². The normalized spacial score (nSPS) is 38.9. The van der Waals surface area contributed by atoms with E-state index in [-0.39, 0.29) is 0 Å². The maximum absolute atomic E-state index is 11.8. The molecule has 1 saturated heterocycles. The minimum Gasteiger partial charge on any atom is -0.342 e. The van der Waals surface area contributed by atoms with E-state index < -0.39 is 0 Å². The Morgan fingerprint density at radius 2 is 2.08 bits per heavy atom. The van der Waals surface area contributed by atoms with Crippen molar-refractivity contribution in [2.75, 3.05) is 13.1 Å². The highest BCUT2D eigenvalue weighted by atomic mass is 16.2. The van der Waals surface area contributed by atoms with Gasteiger partial charge in [0.25, 0.3) is 0 Å². The van der Waals surface area contributed by atoms with Crippen LogP contribution in [0.1, 0.15) is 33.1 Å². The Kier molecular flexibility index (Phi) is 2.31. The monoisotopic (exact) mass is 181 g/mol. The SMILES string of the molecule is CC1CCCN(C(=O)C2CC2C)C1. The van der Waals surface area contributed by atoms with Gasteiger partial charge in [0, 0.05) is 19.0 Å². The number of hydrogen-bond acceptors (Lipinski definition) is 1. The number of amides is 1. The van der Waals surface area contributed by atoms with Crippen LogP contribution in [-0.2, 0) is 4.79 Å². The molecule has 2 aliphatic rings. The molecule has 74 valence electrons. The molecule has 3 unspecified atom stereocenters. The van der Waals surface area contributed by atoms with Crippen molar-refractivity contribution in [1.29, 1.82) is 0 Å². The molecule has 13 heavy (non-hydrogen) atoms. The summed E-state index contributed by atoms with van der Waals surface area (Å²) in [6, 6.07) is 0. The van der Waals surface area contributed by atoms with Crippen LogP contribution in [0.2, 0.25) is 0 Å². The molecular weight excluding hydrogens is 162 g/mol. The van der Waals surface area contributed by atoms with Crippen molar-refractivity contribution in [3.63, 3.8) is 0 Å². The Balaban J connectivity index is 1.88. The second-order valence-electron chi connectivity index (χ2n) is 4.85. The van der Waals surface area contributed by atoms with Gasteiger partial charge in [-0.1, -0.05) is 13.8 Å². The lowest BCUT2D eigenvalue weighted by Crippen LogP contribution is -2.40. The molecule has 0 aromatic carbocycles. The number of rotatable bonds is 1. The summed E-state index contributed by atoms with van der Waals surface area (Å²) >= 11 is 0. The third kappa shape index (κ3) is 1.87. The summed E-state index contributed by atoms with van der Waals surface area (Å²) in [6.07, 6.45) is 3.63. The van der Waals surface area contributed by atoms with Gasteiger partial charge >= 0.3 is 0 Å². The number of likely N-dealkylation sites (tertiary alicyclic amines) is 1. The predicted molar refractivity (Wildman–Crippen MR) is 52.2 cm³/mol. The van der Waals surface area contributed by atoms with E-state index in [0.717, 1.165) is 19.5 Å². The molecule has 3 atom stereocenters. The van der Waals surface area contributed by atoms with Gasteiger partial charge in [0.2, 0.25) is 5.91 Å². The van der Waals surface area contributed by atoms with Crippen LogP contribution in [0.3, 0.4) is 0 Å². The summed E-state index contributed by atoms with van der Waals surface area (Å²) in [5.41, 5.74) is 0. The van der Waals surface area contributed by atoms with Crippen LogP contribution in [0.15, 0.2) is 0 Å². The second-order valence-corrected chi connectivity index (χ2v) is 4.85. The number of nitrogens with zero attached hydrogens (tertiary/aromatic N) is 1. The van der Waals surface area contributed by atoms with Crippen LogP contribution < -0.4 is 0 Å². The molecule has 1 saturated carbocycles. The Bertz CT molecular complexity index is 214. The van der Waals surface area contributed by atoms with Gasteiger partial charge in [0.05, 0.1) is 0 Å². The van der Waals surface area contributed by atoms with Gasteiger partial charge in [0.15, 0.2) is 0 Å². The van der Waals surface area contributed by atoms with Crippen molar-refractivity contribution in [3.8, 4) is 0 Å². The van der Waals surface area contributed by atoms with Crippen LogP contribution in [0.4, 0.5) is 0 Å². The van der Waals surface area contributed by atoms with E-state index in [1.165, 1.54) is 12.8 Å². The van der Waals surface area contributed by atoms with Crippen LogP contribution >= 0.6 is 0 Å². The largest absolute Gasteiger partial charge is 0.342 e. The third-order valence-corrected chi connectivity index (χ3v) is 3.40. The Morgan fingerprint density at radius 3 is 2.62 bits per heavy atom. The first-order chi connectivity index (χ1) is 6.18. The summed E-state index contributed by atoms with van der Waals surface area (Å²) in [7, 11) is 0. The summed E-state index contributed by atoms with van der Waals surface area (Å²) < 4.78 is 0. The number of carbonyl (C=O) groups is 1. The van der Waals surface area contributed by atoms with Gasteiger partial charge in [-0.05, 0) is 31.1 Å². The van der Waals surface area contributed by atoms with Gasteiger partial charge in [-0.3, -0.25) is 4.79 Å². The summed E-state index contributed by atoms with van der Waals surface area (Å²) in [5, 5.41) is 0. The van der Waals surface area contributed by atoms with Crippen LogP contribution in [0.25, 0.3) is 0 Å². The van der Waals surface area contributed by atoms with Gasteiger partial charge in [-0.2, -0.15) is 0 Å². The van der Waals surface area contributed by atoms with Crippen LogP contribution in [0.5, 0.6) is 0 Å². The van der Waals surface area contributed by atoms with Gasteiger partial charge in [-0.25, -0.2) is 0 Å². The second kappa shape index (κ2) is 3.32. The van der Waals surface area contributed by atoms with Crippen LogP contribution in [0, 0.1) is 17.8 Å². The molecule has 2 rings (SSSR count). The van der Waals surface area contributed by atoms with E-state index in [0.29, 0.717) is 23.7 Å². The molecule has 1 amide bonds. The molecular formula is C11H19NO. The highest BCUT2D eigenvalue weighted by Gasteiger charge is 2.41. The van der Waals surface area contributed by atoms with E-state index in [9.17, 15) is 4.79 Å². The minimum absolute atomic E-state index is 0.380. The van der Waals surface area contributed by atoms with Gasteiger partial charge in [0.1, 0.15) is 0 Å². The Labute approximate surface area is 80.3 Å². The number of carbonyl (C=O) groups excluding carboxylic acids is 1. The van der Waals surface area contributed by atoms with Crippen LogP contribution in [-0.4, -0.2) is 23.9 Å². The lowest BCUT2D eigenvalue weighted by atomic mass is 10.00. The first-order valence-electron chi connectivity index (χ1n) is 5.47. The highest BCUT2D eigenvalue weighted by molar-refractivity contribution is 5.81. The zero-order valence-electron chi connectivity index (χ0n) is 8.62. The van der Waals surface area contributed by atoms with Gasteiger partial charge in [-0.15, -0.1) is 0 Å². The third-order valence-electron chi connectivity index (χ3n) is 3.40. The van der Waals surface area contributed by atoms with Crippen molar-refractivity contribution < 1.29 is 4.79 Å². The maximum Gasteiger partial charge on any atom is 0.225 e. The highest BCUT2D eigenvalue weighted by Crippen LogP contribution is 2.39. The summed E-state index contributed by atoms with van der Waals surface area (Å²) in [5.74, 6) is 2.18. The van der Waals surface area contributed by atoms with Gasteiger partial charge < -0.3 is 4.90 Å². The first-order valence-corrected chi connectivity index (χ1v) is 5.47. The molecule has 1 heterocycles. The average molecular weight is 181 g/mol. The molecule has 0 aromatic rings. The van der Waals surface area contributed by atoms with E-state index in [1.807, 2.05) is 0 Å². The molecule has 0 radical (unpaired) electrons. The van der Waals surface area contributed by atoms with Crippen molar-refractivity contribution in [3.05, 3.63) is 0 Å². The van der Waals surface area contributed by atoms with Crippen molar-refractivity contribution in [1.82, 2.24) is 4.90 Å². The molecule has 0 N–H and O–H groups in total. The Hall–Kier alpha value is -0.530. The molecule has 1 aliphatic heterocycles. The molecule has 2 nitrogen and oxygen atoms in total. The predicted octanol–water partition coefficient (Wildman–Crippen LogP) is 1.90. The van der Waals surface area contributed by atoms with Crippen molar-refractivity contribution in [2.45, 2.75) is 33.1 Å². The quantitative estimate of drug-likeness (QED) is 0.605. The molecule has 1 aliphatic carbocycles. The molecule has 0 aromatic heterocycles. The minimum atomic E-state index is 0.380. The molecule has 0 spiro atoms. The maximum atomic E-state index is 11.8. The van der Waals surface area contributed by atoms with E-state index in [4.69, 9.17) is 0 Å². The standard InChI is InChI=1S/C11H19NO/c1-8-4-3-5-12(7-8)11(13)10-6-9(10)2/h8-10H,3-7H2,1-2H3. The van der Waals surface area contributed by atoms with E-state index >= 15 is 0 Å². The first kappa shape index (κ1) is 9.04. The summed E-state index contributed by atoms with van der Waals surface area (Å²) in [4.78, 5) is 13.9. The smallest absolute Gasteiger partial charge is 0.225 e. The Morgan fingerprint density at radius 1 is 1.38 bits per heavy atom. The van der Waals surface area contributed by atoms with E-state index in [1.54, 1.807) is 0 Å². The lowest BCUT2D eigenvalue weighted by molar-refractivity contribution is -0.134.